The molecule has 1 atom stereocenters. The van der Waals surface area contributed by atoms with Crippen molar-refractivity contribution in [2.75, 3.05) is 0 Å². The largest absolute Gasteiger partial charge is 0.327 e. The average Bonchev–Trinajstić information content (AvgIpc) is 3.10. The minimum Gasteiger partial charge on any atom is -0.327 e. The van der Waals surface area contributed by atoms with Gasteiger partial charge in [-0.05, 0) is 29.3 Å². The average molecular weight is 431 g/mol. The Morgan fingerprint density at radius 1 is 1.15 bits per heavy atom. The third kappa shape index (κ3) is 3.06. The van der Waals surface area contributed by atoms with Gasteiger partial charge in [0.25, 0.3) is 5.91 Å². The van der Waals surface area contributed by atoms with E-state index in [1.54, 1.807) is 10.9 Å². The molecule has 3 aromatic rings. The van der Waals surface area contributed by atoms with Gasteiger partial charge in [0.2, 0.25) is 0 Å². The summed E-state index contributed by atoms with van der Waals surface area (Å²) < 4.78 is 2.81. The first-order valence-electron chi connectivity index (χ1n) is 8.35. The van der Waals surface area contributed by atoms with Crippen molar-refractivity contribution in [1.29, 1.82) is 0 Å². The van der Waals surface area contributed by atoms with Crippen molar-refractivity contribution in [2.24, 2.45) is 7.05 Å². The summed E-state index contributed by atoms with van der Waals surface area (Å²) in [4.78, 5) is 15.0. The molecular weight excluding hydrogens is 414 g/mol. The summed E-state index contributed by atoms with van der Waals surface area (Å²) in [5.41, 5.74) is 3.84. The minimum atomic E-state index is -0.0600. The number of carbonyl (C=O) groups excluding carboxylic acids is 1. The van der Waals surface area contributed by atoms with Crippen molar-refractivity contribution in [3.8, 4) is 0 Å². The van der Waals surface area contributed by atoms with Gasteiger partial charge in [-0.2, -0.15) is 5.10 Å². The second kappa shape index (κ2) is 6.89. The summed E-state index contributed by atoms with van der Waals surface area (Å²) in [5.74, 6) is 0.0619. The maximum Gasteiger partial charge on any atom is 0.255 e. The fourth-order valence-corrected chi connectivity index (χ4v) is 3.99. The molecule has 4 rings (SSSR count). The topological polar surface area (TPSA) is 38.1 Å². The molecule has 0 aliphatic carbocycles. The zero-order valence-corrected chi connectivity index (χ0v) is 16.5. The number of benzene rings is 2. The van der Waals surface area contributed by atoms with Crippen molar-refractivity contribution < 1.29 is 4.79 Å². The molecule has 0 bridgehead atoms. The van der Waals surface area contributed by atoms with E-state index in [1.165, 1.54) is 0 Å². The van der Waals surface area contributed by atoms with E-state index in [2.05, 4.69) is 21.0 Å². The summed E-state index contributed by atoms with van der Waals surface area (Å²) in [5, 5.41) is 4.86. The predicted molar refractivity (Wildman–Crippen MR) is 105 cm³/mol. The molecule has 0 radical (unpaired) electrons. The highest BCUT2D eigenvalue weighted by Crippen LogP contribution is 2.38. The zero-order chi connectivity index (χ0) is 18.3. The fourth-order valence-electron chi connectivity index (χ4n) is 3.48. The smallest absolute Gasteiger partial charge is 0.255 e. The van der Waals surface area contributed by atoms with Gasteiger partial charge < -0.3 is 4.90 Å². The molecule has 0 spiro atoms. The Morgan fingerprint density at radius 3 is 2.58 bits per heavy atom. The Hall–Kier alpha value is -2.11. The van der Waals surface area contributed by atoms with Crippen molar-refractivity contribution in [2.45, 2.75) is 19.0 Å². The number of hydrogen-bond donors (Lipinski definition) is 0. The van der Waals surface area contributed by atoms with Crippen molar-refractivity contribution in [3.05, 3.63) is 86.6 Å². The van der Waals surface area contributed by atoms with Crippen LogP contribution in [0.25, 0.3) is 0 Å². The maximum atomic E-state index is 13.0. The number of hydrogen-bond acceptors (Lipinski definition) is 2. The van der Waals surface area contributed by atoms with Gasteiger partial charge in [0, 0.05) is 30.0 Å². The molecule has 4 nitrogen and oxygen atoms in total. The van der Waals surface area contributed by atoms with Crippen LogP contribution in [0.3, 0.4) is 0 Å². The molecule has 0 saturated heterocycles. The van der Waals surface area contributed by atoms with Gasteiger partial charge in [-0.3, -0.25) is 9.48 Å². The van der Waals surface area contributed by atoms with Crippen LogP contribution in [0.2, 0.25) is 5.02 Å². The predicted octanol–water partition coefficient (Wildman–Crippen LogP) is 4.78. The van der Waals surface area contributed by atoms with Crippen molar-refractivity contribution in [3.63, 3.8) is 0 Å². The second-order valence-electron chi connectivity index (χ2n) is 6.43. The van der Waals surface area contributed by atoms with Gasteiger partial charge in [-0.1, -0.05) is 57.9 Å². The third-order valence-electron chi connectivity index (χ3n) is 4.85. The highest BCUT2D eigenvalue weighted by atomic mass is 79.9. The van der Waals surface area contributed by atoms with Crippen LogP contribution in [-0.4, -0.2) is 20.6 Å². The first-order valence-corrected chi connectivity index (χ1v) is 9.52. The molecule has 1 unspecified atom stereocenters. The second-order valence-corrected chi connectivity index (χ2v) is 7.75. The van der Waals surface area contributed by atoms with Gasteiger partial charge in [0.05, 0.1) is 23.0 Å². The first kappa shape index (κ1) is 17.3. The van der Waals surface area contributed by atoms with E-state index in [-0.39, 0.29) is 11.9 Å². The Morgan fingerprint density at radius 2 is 1.88 bits per heavy atom. The summed E-state index contributed by atoms with van der Waals surface area (Å²) in [7, 11) is 1.88. The number of aryl methyl sites for hydroxylation is 1. The van der Waals surface area contributed by atoms with E-state index >= 15 is 0 Å². The lowest BCUT2D eigenvalue weighted by molar-refractivity contribution is 0.0708. The lowest BCUT2D eigenvalue weighted by Crippen LogP contribution is -2.29. The van der Waals surface area contributed by atoms with E-state index < -0.39 is 0 Å². The lowest BCUT2D eigenvalue weighted by atomic mass is 10.0. The van der Waals surface area contributed by atoms with E-state index in [1.807, 2.05) is 60.5 Å². The van der Waals surface area contributed by atoms with Crippen molar-refractivity contribution >= 4 is 33.4 Å². The van der Waals surface area contributed by atoms with Gasteiger partial charge in [0.1, 0.15) is 0 Å². The molecule has 1 aliphatic rings. The van der Waals surface area contributed by atoms with Crippen LogP contribution in [0.1, 0.15) is 33.2 Å². The quantitative estimate of drug-likeness (QED) is 0.598. The van der Waals surface area contributed by atoms with Crippen LogP contribution in [0, 0.1) is 0 Å². The zero-order valence-electron chi connectivity index (χ0n) is 14.2. The SMILES string of the molecule is Cn1ncc(Cl)c1CC1c2ccccc2C(=O)N1Cc1ccc(Br)cc1. The van der Waals surface area contributed by atoms with E-state index in [0.29, 0.717) is 18.0 Å². The molecule has 1 aromatic heterocycles. The lowest BCUT2D eigenvalue weighted by Gasteiger charge is -2.26. The summed E-state index contributed by atoms with van der Waals surface area (Å²) >= 11 is 9.78. The molecule has 2 heterocycles. The number of halogens is 2. The monoisotopic (exact) mass is 429 g/mol. The molecule has 132 valence electrons. The van der Waals surface area contributed by atoms with Crippen LogP contribution < -0.4 is 0 Å². The third-order valence-corrected chi connectivity index (χ3v) is 5.70. The Balaban J connectivity index is 1.71. The number of nitrogens with zero attached hydrogens (tertiary/aromatic N) is 3. The van der Waals surface area contributed by atoms with Gasteiger partial charge in [-0.15, -0.1) is 0 Å². The minimum absolute atomic E-state index is 0.0600. The number of rotatable bonds is 4. The molecule has 0 saturated carbocycles. The number of aromatic nitrogens is 2. The highest BCUT2D eigenvalue weighted by molar-refractivity contribution is 9.10. The molecule has 6 heteroatoms. The van der Waals surface area contributed by atoms with E-state index in [4.69, 9.17) is 11.6 Å². The summed E-state index contributed by atoms with van der Waals surface area (Å²) in [6, 6.07) is 15.8. The fraction of sp³-hybridized carbons (Fsp3) is 0.200. The van der Waals surface area contributed by atoms with E-state index in [0.717, 1.165) is 26.9 Å². The molecule has 1 amide bonds. The number of fused-ring (bicyclic) bond motifs is 1. The van der Waals surface area contributed by atoms with E-state index in [9.17, 15) is 4.79 Å². The summed E-state index contributed by atoms with van der Waals surface area (Å²) in [6.07, 6.45) is 2.28. The summed E-state index contributed by atoms with van der Waals surface area (Å²) in [6.45, 7) is 0.556. The maximum absolute atomic E-state index is 13.0. The number of carbonyl (C=O) groups is 1. The van der Waals surface area contributed by atoms with Crippen LogP contribution in [-0.2, 0) is 20.0 Å². The first-order chi connectivity index (χ1) is 12.5. The van der Waals surface area contributed by atoms with Gasteiger partial charge >= 0.3 is 0 Å². The molecule has 2 aromatic carbocycles. The van der Waals surface area contributed by atoms with Gasteiger partial charge in [0.15, 0.2) is 0 Å². The normalized spacial score (nSPS) is 16.2. The van der Waals surface area contributed by atoms with Crippen LogP contribution in [0.5, 0.6) is 0 Å². The molecular formula is C20H17BrClN3O. The van der Waals surface area contributed by atoms with Crippen LogP contribution in [0.4, 0.5) is 0 Å². The standard InChI is InChI=1S/C20H17BrClN3O/c1-24-19(17(22)11-23-24)10-18-15-4-2-3-5-16(15)20(26)25(18)12-13-6-8-14(21)9-7-13/h2-9,11,18H,10,12H2,1H3. The Kier molecular flexibility index (Phi) is 4.59. The highest BCUT2D eigenvalue weighted by Gasteiger charge is 2.37. The van der Waals surface area contributed by atoms with Crippen LogP contribution >= 0.6 is 27.5 Å². The molecule has 0 fully saturated rings. The Labute approximate surface area is 165 Å². The Bertz CT molecular complexity index is 948. The van der Waals surface area contributed by atoms with Gasteiger partial charge in [-0.25, -0.2) is 0 Å². The van der Waals surface area contributed by atoms with Crippen molar-refractivity contribution in [1.82, 2.24) is 14.7 Å². The molecule has 0 N–H and O–H groups in total. The van der Waals surface area contributed by atoms with Crippen LogP contribution in [0.15, 0.2) is 59.2 Å². The molecule has 1 aliphatic heterocycles. The number of amides is 1. The molecule has 26 heavy (non-hydrogen) atoms.